The van der Waals surface area contributed by atoms with Crippen LogP contribution in [0.15, 0.2) is 45.6 Å². The van der Waals surface area contributed by atoms with Gasteiger partial charge in [0.05, 0.1) is 18.8 Å². The van der Waals surface area contributed by atoms with E-state index in [0.717, 1.165) is 25.8 Å². The van der Waals surface area contributed by atoms with Crippen LogP contribution in [0.1, 0.15) is 24.1 Å². The van der Waals surface area contributed by atoms with Gasteiger partial charge in [-0.2, -0.15) is 0 Å². The molecule has 1 unspecified atom stereocenters. The maximum Gasteiger partial charge on any atom is 0.137 e. The first-order chi connectivity index (χ1) is 9.65. The number of hydrogen-bond donors (Lipinski definition) is 1. The van der Waals surface area contributed by atoms with Crippen molar-refractivity contribution in [2.45, 2.75) is 13.0 Å². The maximum atomic E-state index is 5.52. The molecule has 0 aliphatic heterocycles. The van der Waals surface area contributed by atoms with Crippen molar-refractivity contribution in [1.29, 1.82) is 0 Å². The SMILES string of the molecule is CCOc1cncc(C(NC)c2cc(Br)ccc2Br)c1. The molecule has 0 bridgehead atoms. The van der Waals surface area contributed by atoms with Crippen molar-refractivity contribution in [1.82, 2.24) is 10.3 Å². The van der Waals surface area contributed by atoms with Gasteiger partial charge in [0, 0.05) is 15.1 Å². The number of nitrogens with zero attached hydrogens (tertiary/aromatic N) is 1. The van der Waals surface area contributed by atoms with Gasteiger partial charge in [-0.05, 0) is 49.4 Å². The smallest absolute Gasteiger partial charge is 0.137 e. The van der Waals surface area contributed by atoms with E-state index in [-0.39, 0.29) is 6.04 Å². The number of pyridine rings is 1. The monoisotopic (exact) mass is 398 g/mol. The van der Waals surface area contributed by atoms with Gasteiger partial charge in [0.25, 0.3) is 0 Å². The molecule has 1 heterocycles. The highest BCUT2D eigenvalue weighted by Crippen LogP contribution is 2.31. The maximum absolute atomic E-state index is 5.52. The number of benzene rings is 1. The highest BCUT2D eigenvalue weighted by atomic mass is 79.9. The average molecular weight is 400 g/mol. The summed E-state index contributed by atoms with van der Waals surface area (Å²) in [6.45, 7) is 2.60. The van der Waals surface area contributed by atoms with Crippen LogP contribution in [0.3, 0.4) is 0 Å². The molecule has 2 rings (SSSR count). The Balaban J connectivity index is 2.41. The lowest BCUT2D eigenvalue weighted by molar-refractivity contribution is 0.338. The van der Waals surface area contributed by atoms with E-state index in [1.165, 1.54) is 0 Å². The Morgan fingerprint density at radius 2 is 2.05 bits per heavy atom. The molecule has 5 heteroatoms. The van der Waals surface area contributed by atoms with Crippen molar-refractivity contribution in [3.05, 3.63) is 56.7 Å². The normalized spacial score (nSPS) is 12.2. The molecule has 0 aliphatic rings. The minimum atomic E-state index is 0.0507. The topological polar surface area (TPSA) is 34.1 Å². The summed E-state index contributed by atoms with van der Waals surface area (Å²) in [5.41, 5.74) is 2.22. The Morgan fingerprint density at radius 3 is 2.75 bits per heavy atom. The average Bonchev–Trinajstić information content (AvgIpc) is 2.44. The van der Waals surface area contributed by atoms with Gasteiger partial charge >= 0.3 is 0 Å². The lowest BCUT2D eigenvalue weighted by atomic mass is 10.0. The van der Waals surface area contributed by atoms with E-state index in [0.29, 0.717) is 6.61 Å². The zero-order chi connectivity index (χ0) is 14.5. The molecule has 1 aromatic heterocycles. The van der Waals surface area contributed by atoms with Crippen molar-refractivity contribution in [3.63, 3.8) is 0 Å². The highest BCUT2D eigenvalue weighted by molar-refractivity contribution is 9.11. The van der Waals surface area contributed by atoms with Crippen molar-refractivity contribution < 1.29 is 4.74 Å². The van der Waals surface area contributed by atoms with Crippen LogP contribution in [0.2, 0.25) is 0 Å². The second-order valence-corrected chi connectivity index (χ2v) is 6.04. The third-order valence-corrected chi connectivity index (χ3v) is 4.15. The molecular weight excluding hydrogens is 384 g/mol. The third-order valence-electron chi connectivity index (χ3n) is 2.94. The molecule has 20 heavy (non-hydrogen) atoms. The van der Waals surface area contributed by atoms with Gasteiger partial charge in [-0.25, -0.2) is 0 Å². The summed E-state index contributed by atoms with van der Waals surface area (Å²) in [6, 6.07) is 8.21. The van der Waals surface area contributed by atoms with Gasteiger partial charge in [-0.3, -0.25) is 4.98 Å². The van der Waals surface area contributed by atoms with E-state index < -0.39 is 0 Å². The predicted molar refractivity (Wildman–Crippen MR) is 88.2 cm³/mol. The number of ether oxygens (including phenoxy) is 1. The molecule has 106 valence electrons. The Hall–Kier alpha value is -0.910. The van der Waals surface area contributed by atoms with Gasteiger partial charge in [0.2, 0.25) is 0 Å². The fourth-order valence-electron chi connectivity index (χ4n) is 2.08. The van der Waals surface area contributed by atoms with E-state index in [1.54, 1.807) is 6.20 Å². The summed E-state index contributed by atoms with van der Waals surface area (Å²) in [6.07, 6.45) is 3.59. The summed E-state index contributed by atoms with van der Waals surface area (Å²) >= 11 is 7.12. The molecule has 0 radical (unpaired) electrons. The van der Waals surface area contributed by atoms with Crippen LogP contribution in [0.5, 0.6) is 5.75 Å². The van der Waals surface area contributed by atoms with Crippen LogP contribution in [-0.2, 0) is 0 Å². The standard InChI is InChI=1S/C15H16Br2N2O/c1-3-20-12-6-10(8-19-9-12)15(18-2)13-7-11(16)4-5-14(13)17/h4-9,15,18H,3H2,1-2H3. The van der Waals surface area contributed by atoms with E-state index >= 15 is 0 Å². The zero-order valence-corrected chi connectivity index (χ0v) is 14.5. The highest BCUT2D eigenvalue weighted by Gasteiger charge is 2.16. The molecule has 1 N–H and O–H groups in total. The Kier molecular flexibility index (Phi) is 5.57. The van der Waals surface area contributed by atoms with Gasteiger partial charge in [-0.15, -0.1) is 0 Å². The molecule has 0 saturated heterocycles. The number of halogens is 2. The number of hydrogen-bond acceptors (Lipinski definition) is 3. The zero-order valence-electron chi connectivity index (χ0n) is 11.4. The van der Waals surface area contributed by atoms with Crippen molar-refractivity contribution in [2.75, 3.05) is 13.7 Å². The molecule has 0 spiro atoms. The second-order valence-electron chi connectivity index (χ2n) is 4.27. The largest absolute Gasteiger partial charge is 0.492 e. The van der Waals surface area contributed by atoms with Gasteiger partial charge in [0.15, 0.2) is 0 Å². The third kappa shape index (κ3) is 3.59. The Labute approximate surface area is 136 Å². The van der Waals surface area contributed by atoms with Crippen molar-refractivity contribution in [2.24, 2.45) is 0 Å². The molecule has 0 saturated carbocycles. The van der Waals surface area contributed by atoms with Gasteiger partial charge in [0.1, 0.15) is 5.75 Å². The quantitative estimate of drug-likeness (QED) is 0.813. The molecule has 0 fully saturated rings. The van der Waals surface area contributed by atoms with Crippen LogP contribution >= 0.6 is 31.9 Å². The molecule has 0 aliphatic carbocycles. The van der Waals surface area contributed by atoms with E-state index in [1.807, 2.05) is 38.4 Å². The van der Waals surface area contributed by atoms with E-state index in [2.05, 4.69) is 48.2 Å². The van der Waals surface area contributed by atoms with Crippen LogP contribution in [-0.4, -0.2) is 18.6 Å². The fourth-order valence-corrected chi connectivity index (χ4v) is 2.93. The molecule has 1 aromatic carbocycles. The molecule has 3 nitrogen and oxygen atoms in total. The molecule has 1 atom stereocenters. The van der Waals surface area contributed by atoms with E-state index in [4.69, 9.17) is 4.74 Å². The van der Waals surface area contributed by atoms with Crippen molar-refractivity contribution in [3.8, 4) is 5.75 Å². The molecule has 2 aromatic rings. The first kappa shape index (κ1) is 15.5. The second kappa shape index (κ2) is 7.20. The lowest BCUT2D eigenvalue weighted by Crippen LogP contribution is -2.18. The lowest BCUT2D eigenvalue weighted by Gasteiger charge is -2.19. The summed E-state index contributed by atoms with van der Waals surface area (Å²) in [7, 11) is 1.94. The summed E-state index contributed by atoms with van der Waals surface area (Å²) < 4.78 is 7.62. The number of rotatable bonds is 5. The molecule has 0 amide bonds. The summed E-state index contributed by atoms with van der Waals surface area (Å²) in [4.78, 5) is 4.26. The van der Waals surface area contributed by atoms with Crippen LogP contribution in [0.4, 0.5) is 0 Å². The number of nitrogens with one attached hydrogen (secondary N) is 1. The minimum absolute atomic E-state index is 0.0507. The Morgan fingerprint density at radius 1 is 1.25 bits per heavy atom. The van der Waals surface area contributed by atoms with Crippen molar-refractivity contribution >= 4 is 31.9 Å². The van der Waals surface area contributed by atoms with E-state index in [9.17, 15) is 0 Å². The predicted octanol–water partition coefficient (Wildman–Crippen LogP) is 4.31. The molecular formula is C15H16Br2N2O. The Bertz CT molecular complexity index is 590. The summed E-state index contributed by atoms with van der Waals surface area (Å²) in [5, 5.41) is 3.33. The van der Waals surface area contributed by atoms with Crippen LogP contribution < -0.4 is 10.1 Å². The van der Waals surface area contributed by atoms with Gasteiger partial charge < -0.3 is 10.1 Å². The van der Waals surface area contributed by atoms with Crippen LogP contribution in [0.25, 0.3) is 0 Å². The van der Waals surface area contributed by atoms with Crippen LogP contribution in [0, 0.1) is 0 Å². The minimum Gasteiger partial charge on any atom is -0.492 e. The summed E-state index contributed by atoms with van der Waals surface area (Å²) in [5.74, 6) is 0.788. The van der Waals surface area contributed by atoms with Gasteiger partial charge in [-0.1, -0.05) is 31.9 Å². The number of aromatic nitrogens is 1. The first-order valence-corrected chi connectivity index (χ1v) is 7.94. The fraction of sp³-hybridized carbons (Fsp3) is 0.267. The first-order valence-electron chi connectivity index (χ1n) is 6.35.